The highest BCUT2D eigenvalue weighted by Crippen LogP contribution is 2.46. The van der Waals surface area contributed by atoms with Crippen LogP contribution in [0.4, 0.5) is 0 Å². The topological polar surface area (TPSA) is 35.2 Å². The lowest BCUT2D eigenvalue weighted by atomic mass is 10.2. The smallest absolute Gasteiger partial charge is 0.192 e. The van der Waals surface area contributed by atoms with E-state index in [1.165, 1.54) is 0 Å². The van der Waals surface area contributed by atoms with Gasteiger partial charge in [-0.1, -0.05) is 20.8 Å². The van der Waals surface area contributed by atoms with Gasteiger partial charge >= 0.3 is 0 Å². The van der Waals surface area contributed by atoms with Gasteiger partial charge in [-0.15, -0.1) is 0 Å². The lowest BCUT2D eigenvalue weighted by Crippen LogP contribution is -2.46. The fraction of sp³-hybridized carbons (Fsp3) is 1.00. The van der Waals surface area contributed by atoms with Crippen LogP contribution in [0.25, 0.3) is 0 Å². The van der Waals surface area contributed by atoms with Crippen molar-refractivity contribution in [2.75, 3.05) is 6.54 Å². The van der Waals surface area contributed by atoms with Crippen molar-refractivity contribution in [3.05, 3.63) is 0 Å². The molecule has 0 aromatic rings. The van der Waals surface area contributed by atoms with Gasteiger partial charge < -0.3 is 10.2 Å². The molecule has 1 aliphatic carbocycles. The third-order valence-corrected chi connectivity index (χ3v) is 8.01. The van der Waals surface area contributed by atoms with Crippen molar-refractivity contribution in [3.8, 4) is 0 Å². The molecule has 0 aliphatic heterocycles. The molecule has 0 aromatic carbocycles. The van der Waals surface area contributed by atoms with E-state index in [-0.39, 0.29) is 5.60 Å². The third kappa shape index (κ3) is 2.33. The Bertz CT molecular complexity index is 192. The maximum Gasteiger partial charge on any atom is 0.192 e. The molecule has 1 rings (SSSR count). The molecule has 0 unspecified atom stereocenters. The van der Waals surface area contributed by atoms with Crippen molar-refractivity contribution in [2.24, 2.45) is 5.73 Å². The fourth-order valence-corrected chi connectivity index (χ4v) is 2.86. The van der Waals surface area contributed by atoms with E-state index < -0.39 is 8.32 Å². The normalized spacial score (nSPS) is 21.7. The average molecular weight is 201 g/mol. The maximum absolute atomic E-state index is 6.26. The second-order valence-electron chi connectivity index (χ2n) is 5.75. The Balaban J connectivity index is 2.62. The van der Waals surface area contributed by atoms with Crippen LogP contribution >= 0.6 is 0 Å². The predicted octanol–water partition coefficient (Wildman–Crippen LogP) is 2.50. The molecular formula is C10H23NOSi. The molecule has 1 aliphatic rings. The largest absolute Gasteiger partial charge is 0.410 e. The van der Waals surface area contributed by atoms with E-state index in [1.807, 2.05) is 0 Å². The van der Waals surface area contributed by atoms with E-state index in [9.17, 15) is 0 Å². The summed E-state index contributed by atoms with van der Waals surface area (Å²) >= 11 is 0. The van der Waals surface area contributed by atoms with Crippen LogP contribution in [0.2, 0.25) is 18.1 Å². The standard InChI is InChI=1S/C10H23NOSi/c1-9(2,3)13(4,5)12-10(8-11)6-7-10/h6-8,11H2,1-5H3. The van der Waals surface area contributed by atoms with E-state index >= 15 is 0 Å². The van der Waals surface area contributed by atoms with Crippen LogP contribution in [0.3, 0.4) is 0 Å². The summed E-state index contributed by atoms with van der Waals surface area (Å²) in [5.41, 5.74) is 5.79. The Morgan fingerprint density at radius 3 is 2.00 bits per heavy atom. The van der Waals surface area contributed by atoms with Gasteiger partial charge in [-0.2, -0.15) is 0 Å². The summed E-state index contributed by atoms with van der Waals surface area (Å²) in [5, 5.41) is 0.303. The van der Waals surface area contributed by atoms with Gasteiger partial charge in [-0.25, -0.2) is 0 Å². The minimum absolute atomic E-state index is 0.0724. The zero-order valence-electron chi connectivity index (χ0n) is 9.61. The van der Waals surface area contributed by atoms with Crippen LogP contribution in [0.5, 0.6) is 0 Å². The first kappa shape index (κ1) is 11.2. The van der Waals surface area contributed by atoms with Gasteiger partial charge in [0.05, 0.1) is 5.60 Å². The van der Waals surface area contributed by atoms with E-state index in [4.69, 9.17) is 10.2 Å². The highest BCUT2D eigenvalue weighted by Gasteiger charge is 2.50. The summed E-state index contributed by atoms with van der Waals surface area (Å²) in [6.45, 7) is 12.1. The Labute approximate surface area is 83.0 Å². The Morgan fingerprint density at radius 2 is 1.77 bits per heavy atom. The van der Waals surface area contributed by atoms with Gasteiger partial charge in [-0.3, -0.25) is 0 Å². The Kier molecular flexibility index (Phi) is 2.65. The minimum Gasteiger partial charge on any atom is -0.410 e. The summed E-state index contributed by atoms with van der Waals surface area (Å²) in [5.74, 6) is 0. The monoisotopic (exact) mass is 201 g/mol. The molecule has 13 heavy (non-hydrogen) atoms. The summed E-state index contributed by atoms with van der Waals surface area (Å²) in [7, 11) is -1.58. The van der Waals surface area contributed by atoms with Crippen molar-refractivity contribution < 1.29 is 4.43 Å². The first-order valence-corrected chi connectivity index (χ1v) is 8.04. The molecule has 0 saturated heterocycles. The zero-order chi connectivity index (χ0) is 10.3. The van der Waals surface area contributed by atoms with E-state index in [1.54, 1.807) is 0 Å². The van der Waals surface area contributed by atoms with Crippen molar-refractivity contribution in [1.82, 2.24) is 0 Å². The van der Waals surface area contributed by atoms with Crippen LogP contribution in [0, 0.1) is 0 Å². The van der Waals surface area contributed by atoms with E-state index in [2.05, 4.69) is 33.9 Å². The molecule has 0 radical (unpaired) electrons. The highest BCUT2D eigenvalue weighted by atomic mass is 28.4. The van der Waals surface area contributed by atoms with E-state index in [0.29, 0.717) is 11.6 Å². The summed E-state index contributed by atoms with van der Waals surface area (Å²) in [6.07, 6.45) is 2.33. The summed E-state index contributed by atoms with van der Waals surface area (Å²) < 4.78 is 6.26. The molecule has 0 atom stereocenters. The quantitative estimate of drug-likeness (QED) is 0.712. The first-order chi connectivity index (χ1) is 5.72. The molecule has 2 N–H and O–H groups in total. The summed E-state index contributed by atoms with van der Waals surface area (Å²) in [4.78, 5) is 0. The highest BCUT2D eigenvalue weighted by molar-refractivity contribution is 6.74. The average Bonchev–Trinajstić information content (AvgIpc) is 2.66. The Hall–Kier alpha value is 0.137. The number of hydrogen-bond donors (Lipinski definition) is 1. The van der Waals surface area contributed by atoms with Gasteiger partial charge in [0.15, 0.2) is 8.32 Å². The number of rotatable bonds is 3. The second kappa shape index (κ2) is 3.07. The molecule has 78 valence electrons. The summed E-state index contributed by atoms with van der Waals surface area (Å²) in [6, 6.07) is 0. The molecular weight excluding hydrogens is 178 g/mol. The lowest BCUT2D eigenvalue weighted by molar-refractivity contribution is 0.166. The van der Waals surface area contributed by atoms with Crippen molar-refractivity contribution in [2.45, 2.75) is 57.3 Å². The molecule has 1 saturated carbocycles. The van der Waals surface area contributed by atoms with E-state index in [0.717, 1.165) is 12.8 Å². The van der Waals surface area contributed by atoms with Gasteiger partial charge in [0.25, 0.3) is 0 Å². The lowest BCUT2D eigenvalue weighted by Gasteiger charge is -2.39. The van der Waals surface area contributed by atoms with Crippen LogP contribution in [0.15, 0.2) is 0 Å². The first-order valence-electron chi connectivity index (χ1n) is 5.13. The zero-order valence-corrected chi connectivity index (χ0v) is 10.6. The Morgan fingerprint density at radius 1 is 1.31 bits per heavy atom. The third-order valence-electron chi connectivity index (χ3n) is 3.46. The van der Waals surface area contributed by atoms with Crippen molar-refractivity contribution in [1.29, 1.82) is 0 Å². The molecule has 0 aromatic heterocycles. The van der Waals surface area contributed by atoms with Crippen molar-refractivity contribution in [3.63, 3.8) is 0 Å². The fourth-order valence-electron chi connectivity index (χ4n) is 1.18. The van der Waals surface area contributed by atoms with Crippen molar-refractivity contribution >= 4 is 8.32 Å². The second-order valence-corrected chi connectivity index (χ2v) is 10.5. The van der Waals surface area contributed by atoms with Crippen LogP contribution in [0.1, 0.15) is 33.6 Å². The van der Waals surface area contributed by atoms with Crippen LogP contribution in [-0.4, -0.2) is 20.5 Å². The number of nitrogens with two attached hydrogens (primary N) is 1. The molecule has 3 heteroatoms. The number of hydrogen-bond acceptors (Lipinski definition) is 2. The van der Waals surface area contributed by atoms with Gasteiger partial charge in [0.1, 0.15) is 0 Å². The van der Waals surface area contributed by atoms with Crippen LogP contribution in [-0.2, 0) is 4.43 Å². The molecule has 2 nitrogen and oxygen atoms in total. The molecule has 0 amide bonds. The molecule has 0 heterocycles. The van der Waals surface area contributed by atoms with Gasteiger partial charge in [0, 0.05) is 6.54 Å². The maximum atomic E-state index is 6.26. The SMILES string of the molecule is CC(C)(C)[Si](C)(C)OC1(CN)CC1. The molecule has 0 bridgehead atoms. The van der Waals surface area contributed by atoms with Gasteiger partial charge in [-0.05, 0) is 31.0 Å². The van der Waals surface area contributed by atoms with Crippen LogP contribution < -0.4 is 5.73 Å². The predicted molar refractivity (Wildman–Crippen MR) is 59.3 cm³/mol. The molecule has 0 spiro atoms. The minimum atomic E-state index is -1.58. The van der Waals surface area contributed by atoms with Gasteiger partial charge in [0.2, 0.25) is 0 Å². The molecule has 1 fully saturated rings.